The minimum Gasteiger partial charge on any atom is -0.478 e. The van der Waals surface area contributed by atoms with Crippen LogP contribution in [-0.4, -0.2) is 37.5 Å². The van der Waals surface area contributed by atoms with Crippen molar-refractivity contribution in [2.24, 2.45) is 7.05 Å². The van der Waals surface area contributed by atoms with Crippen molar-refractivity contribution < 1.29 is 19.1 Å². The smallest absolute Gasteiger partial charge is 0.335 e. The Hall–Kier alpha value is -3.59. The number of thioether (sulfide) groups is 1. The number of hydrogen-bond donors (Lipinski definition) is 2. The quantitative estimate of drug-likeness (QED) is 0.469. The number of para-hydroxylation sites is 1. The van der Waals surface area contributed by atoms with Crippen molar-refractivity contribution in [3.05, 3.63) is 60.2 Å². The highest BCUT2D eigenvalue weighted by Gasteiger charge is 2.16. The molecular formula is C20H16N4O4S. The first kappa shape index (κ1) is 18.8. The van der Waals surface area contributed by atoms with Crippen molar-refractivity contribution in [1.29, 1.82) is 0 Å². The van der Waals surface area contributed by atoms with Crippen LogP contribution in [0, 0.1) is 0 Å². The van der Waals surface area contributed by atoms with E-state index in [2.05, 4.69) is 15.5 Å². The second-order valence-corrected chi connectivity index (χ2v) is 7.18. The van der Waals surface area contributed by atoms with E-state index in [1.165, 1.54) is 23.9 Å². The molecule has 2 N–H and O–H groups in total. The lowest BCUT2D eigenvalue weighted by Crippen LogP contribution is -2.14. The molecule has 8 nitrogen and oxygen atoms in total. The Labute approximate surface area is 169 Å². The molecule has 0 spiro atoms. The number of nitrogens with one attached hydrogen (secondary N) is 1. The number of benzene rings is 2. The summed E-state index contributed by atoms with van der Waals surface area (Å²) in [7, 11) is 1.81. The van der Waals surface area contributed by atoms with Gasteiger partial charge in [-0.05, 0) is 36.4 Å². The van der Waals surface area contributed by atoms with Crippen LogP contribution < -0.4 is 5.32 Å². The zero-order valence-electron chi connectivity index (χ0n) is 15.3. The van der Waals surface area contributed by atoms with Crippen molar-refractivity contribution >= 4 is 40.3 Å². The number of rotatable bonds is 6. The second-order valence-electron chi connectivity index (χ2n) is 6.23. The van der Waals surface area contributed by atoms with E-state index in [0.717, 1.165) is 11.0 Å². The third kappa shape index (κ3) is 3.99. The predicted octanol–water partition coefficient (Wildman–Crippen LogP) is 3.66. The molecule has 1 amide bonds. The molecular weight excluding hydrogens is 392 g/mol. The van der Waals surface area contributed by atoms with Crippen LogP contribution in [0.2, 0.25) is 0 Å². The number of nitrogens with zero attached hydrogens (tertiary/aromatic N) is 3. The Kier molecular flexibility index (Phi) is 5.05. The molecule has 0 saturated heterocycles. The minimum absolute atomic E-state index is 0.132. The summed E-state index contributed by atoms with van der Waals surface area (Å²) in [6.07, 6.45) is 0. The van der Waals surface area contributed by atoms with Crippen molar-refractivity contribution in [3.63, 3.8) is 0 Å². The van der Waals surface area contributed by atoms with Gasteiger partial charge < -0.3 is 19.4 Å². The molecule has 2 aromatic heterocycles. The van der Waals surface area contributed by atoms with Crippen LogP contribution in [0.25, 0.3) is 22.6 Å². The molecule has 0 bridgehead atoms. The third-order valence-corrected chi connectivity index (χ3v) is 5.25. The van der Waals surface area contributed by atoms with E-state index in [4.69, 9.17) is 9.52 Å². The highest BCUT2D eigenvalue weighted by Crippen LogP contribution is 2.28. The minimum atomic E-state index is -1.01. The Bertz CT molecular complexity index is 1160. The molecule has 0 fully saturated rings. The lowest BCUT2D eigenvalue weighted by atomic mass is 10.2. The highest BCUT2D eigenvalue weighted by atomic mass is 32.2. The van der Waals surface area contributed by atoms with Gasteiger partial charge in [0, 0.05) is 18.1 Å². The summed E-state index contributed by atoms with van der Waals surface area (Å²) in [5.41, 5.74) is 1.46. The summed E-state index contributed by atoms with van der Waals surface area (Å²) in [4.78, 5) is 23.1. The van der Waals surface area contributed by atoms with Gasteiger partial charge in [0.15, 0.2) is 16.7 Å². The highest BCUT2D eigenvalue weighted by molar-refractivity contribution is 7.99. The molecule has 4 rings (SSSR count). The molecule has 0 atom stereocenters. The molecule has 0 aliphatic heterocycles. The third-order valence-electron chi connectivity index (χ3n) is 4.23. The van der Waals surface area contributed by atoms with E-state index in [0.29, 0.717) is 22.4 Å². The topological polar surface area (TPSA) is 110 Å². The fraction of sp³-hybridized carbons (Fsp3) is 0.100. The van der Waals surface area contributed by atoms with Crippen molar-refractivity contribution in [2.75, 3.05) is 11.1 Å². The van der Waals surface area contributed by atoms with E-state index in [1.807, 2.05) is 37.4 Å². The number of aromatic nitrogens is 3. The van der Waals surface area contributed by atoms with Gasteiger partial charge in [-0.2, -0.15) is 0 Å². The standard InChI is InChI=1S/C20H16N4O4S/c1-24-18(16-10-13-4-2-3-5-15(13)28-16)22-23-20(24)29-11-17(25)21-14-8-6-12(7-9-14)19(26)27/h2-10H,11H2,1H3,(H,21,25)(H,26,27). The van der Waals surface area contributed by atoms with Gasteiger partial charge in [-0.15, -0.1) is 10.2 Å². The Morgan fingerprint density at radius 2 is 1.90 bits per heavy atom. The SMILES string of the molecule is Cn1c(SCC(=O)Nc2ccc(C(=O)O)cc2)nnc1-c1cc2ccccc2o1. The zero-order valence-corrected chi connectivity index (χ0v) is 16.1. The van der Waals surface area contributed by atoms with E-state index in [1.54, 1.807) is 16.7 Å². The molecule has 9 heteroatoms. The summed E-state index contributed by atoms with van der Waals surface area (Å²) in [5.74, 6) is 0.0731. The molecule has 4 aromatic rings. The fourth-order valence-corrected chi connectivity index (χ4v) is 3.48. The van der Waals surface area contributed by atoms with Gasteiger partial charge in [0.05, 0.1) is 11.3 Å². The molecule has 2 heterocycles. The van der Waals surface area contributed by atoms with Gasteiger partial charge in [0.1, 0.15) is 5.58 Å². The van der Waals surface area contributed by atoms with Gasteiger partial charge >= 0.3 is 5.97 Å². The van der Waals surface area contributed by atoms with Gasteiger partial charge in [-0.25, -0.2) is 4.79 Å². The number of carbonyl (C=O) groups excluding carboxylic acids is 1. The molecule has 0 unspecified atom stereocenters. The Balaban J connectivity index is 1.41. The molecule has 0 radical (unpaired) electrons. The maximum atomic E-state index is 12.2. The van der Waals surface area contributed by atoms with Gasteiger partial charge in [-0.1, -0.05) is 30.0 Å². The number of amides is 1. The number of fused-ring (bicyclic) bond motifs is 1. The van der Waals surface area contributed by atoms with E-state index < -0.39 is 5.97 Å². The Morgan fingerprint density at radius 1 is 1.14 bits per heavy atom. The molecule has 29 heavy (non-hydrogen) atoms. The largest absolute Gasteiger partial charge is 0.478 e. The average Bonchev–Trinajstić information content (AvgIpc) is 3.29. The van der Waals surface area contributed by atoms with Crippen LogP contribution in [-0.2, 0) is 11.8 Å². The summed E-state index contributed by atoms with van der Waals surface area (Å²) in [6.45, 7) is 0. The van der Waals surface area contributed by atoms with Crippen LogP contribution in [0.4, 0.5) is 5.69 Å². The zero-order chi connectivity index (χ0) is 20.4. The normalized spacial score (nSPS) is 10.9. The van der Waals surface area contributed by atoms with Crippen LogP contribution in [0.3, 0.4) is 0 Å². The molecule has 0 saturated carbocycles. The van der Waals surface area contributed by atoms with Crippen LogP contribution >= 0.6 is 11.8 Å². The molecule has 2 aromatic carbocycles. The lowest BCUT2D eigenvalue weighted by molar-refractivity contribution is -0.113. The molecule has 146 valence electrons. The summed E-state index contributed by atoms with van der Waals surface area (Å²) in [6, 6.07) is 15.6. The van der Waals surface area contributed by atoms with E-state index in [-0.39, 0.29) is 17.2 Å². The van der Waals surface area contributed by atoms with Crippen molar-refractivity contribution in [3.8, 4) is 11.6 Å². The first-order valence-corrected chi connectivity index (χ1v) is 9.64. The number of anilines is 1. The van der Waals surface area contributed by atoms with Gasteiger partial charge in [0.25, 0.3) is 0 Å². The van der Waals surface area contributed by atoms with Gasteiger partial charge in [-0.3, -0.25) is 4.79 Å². The maximum Gasteiger partial charge on any atom is 0.335 e. The predicted molar refractivity (Wildman–Crippen MR) is 109 cm³/mol. The average molecular weight is 408 g/mol. The lowest BCUT2D eigenvalue weighted by Gasteiger charge is -2.05. The van der Waals surface area contributed by atoms with Crippen LogP contribution in [0.5, 0.6) is 0 Å². The Morgan fingerprint density at radius 3 is 2.62 bits per heavy atom. The number of furan rings is 1. The fourth-order valence-electron chi connectivity index (χ4n) is 2.77. The van der Waals surface area contributed by atoms with Gasteiger partial charge in [0.2, 0.25) is 5.91 Å². The summed E-state index contributed by atoms with van der Waals surface area (Å²) < 4.78 is 7.60. The maximum absolute atomic E-state index is 12.2. The summed E-state index contributed by atoms with van der Waals surface area (Å²) in [5, 5.41) is 21.5. The molecule has 0 aliphatic rings. The van der Waals surface area contributed by atoms with E-state index >= 15 is 0 Å². The molecule has 0 aliphatic carbocycles. The van der Waals surface area contributed by atoms with Crippen molar-refractivity contribution in [1.82, 2.24) is 14.8 Å². The van der Waals surface area contributed by atoms with E-state index in [9.17, 15) is 9.59 Å². The first-order chi connectivity index (χ1) is 14.0. The monoisotopic (exact) mass is 408 g/mol. The first-order valence-electron chi connectivity index (χ1n) is 8.65. The van der Waals surface area contributed by atoms with Crippen molar-refractivity contribution in [2.45, 2.75) is 5.16 Å². The number of carboxylic acids is 1. The summed E-state index contributed by atoms with van der Waals surface area (Å²) >= 11 is 1.25. The number of carbonyl (C=O) groups is 2. The second kappa shape index (κ2) is 7.80. The number of aromatic carboxylic acids is 1. The van der Waals surface area contributed by atoms with Crippen LogP contribution in [0.15, 0.2) is 64.2 Å². The number of hydrogen-bond acceptors (Lipinski definition) is 6. The van der Waals surface area contributed by atoms with Crippen LogP contribution in [0.1, 0.15) is 10.4 Å². The number of carboxylic acid groups (broad SMARTS) is 1.